The highest BCUT2D eigenvalue weighted by molar-refractivity contribution is 6.32. The highest BCUT2D eigenvalue weighted by Crippen LogP contribution is 2.23. The summed E-state index contributed by atoms with van der Waals surface area (Å²) in [5.41, 5.74) is 2.28. The molecule has 2 heterocycles. The smallest absolute Gasteiger partial charge is 0.0992 e. The lowest BCUT2D eigenvalue weighted by Gasteiger charge is -2.23. The summed E-state index contributed by atoms with van der Waals surface area (Å²) in [5.74, 6) is 0. The SMILES string of the molecule is Clc1cc(CC2CCCCN2)ccc1-n1ccnc1. The Bertz CT molecular complexity index is 530. The van der Waals surface area contributed by atoms with Crippen molar-refractivity contribution in [3.63, 3.8) is 0 Å². The summed E-state index contributed by atoms with van der Waals surface area (Å²) in [7, 11) is 0. The van der Waals surface area contributed by atoms with Crippen molar-refractivity contribution in [2.75, 3.05) is 6.54 Å². The van der Waals surface area contributed by atoms with Crippen LogP contribution in [0.3, 0.4) is 0 Å². The Morgan fingerprint density at radius 1 is 1.37 bits per heavy atom. The summed E-state index contributed by atoms with van der Waals surface area (Å²) in [6.07, 6.45) is 10.4. The second kappa shape index (κ2) is 5.76. The number of imidazole rings is 1. The molecule has 1 unspecified atom stereocenters. The Kier molecular flexibility index (Phi) is 3.85. The average Bonchev–Trinajstić information content (AvgIpc) is 2.94. The normalized spacial score (nSPS) is 19.5. The van der Waals surface area contributed by atoms with E-state index in [4.69, 9.17) is 11.6 Å². The molecule has 1 N–H and O–H groups in total. The van der Waals surface area contributed by atoms with E-state index in [-0.39, 0.29) is 0 Å². The van der Waals surface area contributed by atoms with Gasteiger partial charge in [-0.1, -0.05) is 24.1 Å². The summed E-state index contributed by atoms with van der Waals surface area (Å²) in [6, 6.07) is 6.91. The zero-order chi connectivity index (χ0) is 13.1. The fourth-order valence-corrected chi connectivity index (χ4v) is 2.97. The predicted octanol–water partition coefficient (Wildman–Crippen LogP) is 3.21. The van der Waals surface area contributed by atoms with Crippen molar-refractivity contribution < 1.29 is 0 Å². The highest BCUT2D eigenvalue weighted by Gasteiger charge is 2.13. The van der Waals surface area contributed by atoms with E-state index in [0.29, 0.717) is 6.04 Å². The van der Waals surface area contributed by atoms with Crippen LogP contribution in [-0.4, -0.2) is 22.1 Å². The van der Waals surface area contributed by atoms with E-state index >= 15 is 0 Å². The van der Waals surface area contributed by atoms with Crippen molar-refractivity contribution >= 4 is 11.6 Å². The van der Waals surface area contributed by atoms with Gasteiger partial charge in [0.1, 0.15) is 0 Å². The largest absolute Gasteiger partial charge is 0.314 e. The summed E-state index contributed by atoms with van der Waals surface area (Å²) < 4.78 is 1.94. The minimum absolute atomic E-state index is 0.601. The van der Waals surface area contributed by atoms with E-state index < -0.39 is 0 Å². The van der Waals surface area contributed by atoms with Gasteiger partial charge in [0.15, 0.2) is 0 Å². The van der Waals surface area contributed by atoms with Gasteiger partial charge in [-0.3, -0.25) is 0 Å². The first-order valence-electron chi connectivity index (χ1n) is 6.83. The second-order valence-electron chi connectivity index (χ2n) is 5.11. The molecule has 0 spiro atoms. The number of rotatable bonds is 3. The number of nitrogens with one attached hydrogen (secondary N) is 1. The van der Waals surface area contributed by atoms with Gasteiger partial charge in [-0.05, 0) is 43.5 Å². The predicted molar refractivity (Wildman–Crippen MR) is 77.9 cm³/mol. The Balaban J connectivity index is 1.75. The lowest BCUT2D eigenvalue weighted by molar-refractivity contribution is 0.399. The van der Waals surface area contributed by atoms with Crippen molar-refractivity contribution in [2.24, 2.45) is 0 Å². The van der Waals surface area contributed by atoms with Gasteiger partial charge in [0.2, 0.25) is 0 Å². The fraction of sp³-hybridized carbons (Fsp3) is 0.400. The second-order valence-corrected chi connectivity index (χ2v) is 5.51. The first-order valence-corrected chi connectivity index (χ1v) is 7.21. The molecule has 1 fully saturated rings. The van der Waals surface area contributed by atoms with Crippen LogP contribution >= 0.6 is 11.6 Å². The summed E-state index contributed by atoms with van der Waals surface area (Å²) in [5, 5.41) is 4.35. The van der Waals surface area contributed by atoms with Crippen LogP contribution in [0, 0.1) is 0 Å². The minimum atomic E-state index is 0.601. The van der Waals surface area contributed by atoms with Crippen molar-refractivity contribution in [3.8, 4) is 5.69 Å². The van der Waals surface area contributed by atoms with Gasteiger partial charge >= 0.3 is 0 Å². The van der Waals surface area contributed by atoms with Crippen molar-refractivity contribution in [1.29, 1.82) is 0 Å². The van der Waals surface area contributed by atoms with Gasteiger partial charge in [-0.25, -0.2) is 4.98 Å². The van der Waals surface area contributed by atoms with Gasteiger partial charge in [0, 0.05) is 18.4 Å². The molecule has 100 valence electrons. The van der Waals surface area contributed by atoms with Crippen LogP contribution in [0.15, 0.2) is 36.9 Å². The molecule has 3 nitrogen and oxygen atoms in total. The van der Waals surface area contributed by atoms with Crippen LogP contribution in [0.1, 0.15) is 24.8 Å². The average molecular weight is 276 g/mol. The molecule has 0 saturated carbocycles. The molecule has 1 saturated heterocycles. The summed E-state index contributed by atoms with van der Waals surface area (Å²) in [6.45, 7) is 1.14. The Morgan fingerprint density at radius 2 is 2.32 bits per heavy atom. The molecule has 2 aromatic rings. The zero-order valence-electron chi connectivity index (χ0n) is 10.8. The molecule has 1 aliphatic heterocycles. The molecule has 19 heavy (non-hydrogen) atoms. The van der Waals surface area contributed by atoms with E-state index in [2.05, 4.69) is 28.5 Å². The molecule has 4 heteroatoms. The van der Waals surface area contributed by atoms with Crippen LogP contribution in [0.5, 0.6) is 0 Å². The molecule has 0 aliphatic carbocycles. The highest BCUT2D eigenvalue weighted by atomic mass is 35.5. The lowest BCUT2D eigenvalue weighted by atomic mass is 9.98. The van der Waals surface area contributed by atoms with E-state index in [9.17, 15) is 0 Å². The van der Waals surface area contributed by atoms with Gasteiger partial charge in [0.05, 0.1) is 17.0 Å². The van der Waals surface area contributed by atoms with E-state index in [1.54, 1.807) is 12.5 Å². The number of benzene rings is 1. The van der Waals surface area contributed by atoms with Crippen LogP contribution in [-0.2, 0) is 6.42 Å². The van der Waals surface area contributed by atoms with E-state index in [0.717, 1.165) is 23.7 Å². The Labute approximate surface area is 118 Å². The molecular weight excluding hydrogens is 258 g/mol. The third-order valence-electron chi connectivity index (χ3n) is 3.69. The number of nitrogens with zero attached hydrogens (tertiary/aromatic N) is 2. The van der Waals surface area contributed by atoms with E-state index in [1.165, 1.54) is 24.8 Å². The molecule has 1 aromatic carbocycles. The molecule has 0 radical (unpaired) electrons. The molecule has 1 aromatic heterocycles. The number of hydrogen-bond donors (Lipinski definition) is 1. The van der Waals surface area contributed by atoms with Crippen LogP contribution in [0.2, 0.25) is 5.02 Å². The fourth-order valence-electron chi connectivity index (χ4n) is 2.67. The minimum Gasteiger partial charge on any atom is -0.314 e. The Hall–Kier alpha value is -1.32. The first-order chi connectivity index (χ1) is 9.33. The van der Waals surface area contributed by atoms with Crippen molar-refractivity contribution in [2.45, 2.75) is 31.7 Å². The molecule has 1 aliphatic rings. The topological polar surface area (TPSA) is 29.9 Å². The first kappa shape index (κ1) is 12.7. The third kappa shape index (κ3) is 2.99. The van der Waals surface area contributed by atoms with Crippen molar-refractivity contribution in [3.05, 3.63) is 47.5 Å². The molecular formula is C15H18ClN3. The van der Waals surface area contributed by atoms with Gasteiger partial charge in [0.25, 0.3) is 0 Å². The molecule has 0 bridgehead atoms. The molecule has 1 atom stereocenters. The van der Waals surface area contributed by atoms with Gasteiger partial charge in [-0.15, -0.1) is 0 Å². The Morgan fingerprint density at radius 3 is 3.00 bits per heavy atom. The maximum absolute atomic E-state index is 6.37. The number of aromatic nitrogens is 2. The van der Waals surface area contributed by atoms with Gasteiger partial charge < -0.3 is 9.88 Å². The third-order valence-corrected chi connectivity index (χ3v) is 3.99. The summed E-state index contributed by atoms with van der Waals surface area (Å²) >= 11 is 6.37. The zero-order valence-corrected chi connectivity index (χ0v) is 11.6. The lowest BCUT2D eigenvalue weighted by Crippen LogP contribution is -2.35. The monoisotopic (exact) mass is 275 g/mol. The van der Waals surface area contributed by atoms with Gasteiger partial charge in [-0.2, -0.15) is 0 Å². The van der Waals surface area contributed by atoms with Crippen LogP contribution in [0.25, 0.3) is 5.69 Å². The standard InChI is InChI=1S/C15H18ClN3/c16-14-10-12(9-13-3-1-2-6-18-13)4-5-15(14)19-8-7-17-11-19/h4-5,7-8,10-11,13,18H,1-3,6,9H2. The maximum Gasteiger partial charge on any atom is 0.0992 e. The molecule has 3 rings (SSSR count). The van der Waals surface area contributed by atoms with E-state index in [1.807, 2.05) is 10.8 Å². The number of hydrogen-bond acceptors (Lipinski definition) is 2. The quantitative estimate of drug-likeness (QED) is 0.932. The summed E-state index contributed by atoms with van der Waals surface area (Å²) in [4.78, 5) is 4.05. The van der Waals surface area contributed by atoms with Crippen molar-refractivity contribution in [1.82, 2.24) is 14.9 Å². The number of piperidine rings is 1. The molecule has 0 amide bonds. The maximum atomic E-state index is 6.37. The van der Waals surface area contributed by atoms with Crippen LogP contribution < -0.4 is 5.32 Å². The van der Waals surface area contributed by atoms with Crippen LogP contribution in [0.4, 0.5) is 0 Å². The number of halogens is 1.